The second kappa shape index (κ2) is 6.88. The quantitative estimate of drug-likeness (QED) is 0.780. The van der Waals surface area contributed by atoms with E-state index in [-0.39, 0.29) is 12.3 Å². The summed E-state index contributed by atoms with van der Waals surface area (Å²) in [6.07, 6.45) is 3.67. The number of carboxylic acid groups (broad SMARTS) is 1. The van der Waals surface area contributed by atoms with Crippen LogP contribution in [0.15, 0.2) is 16.7 Å². The van der Waals surface area contributed by atoms with Gasteiger partial charge in [-0.15, -0.1) is 0 Å². The predicted octanol–water partition coefficient (Wildman–Crippen LogP) is 2.26. The van der Waals surface area contributed by atoms with E-state index >= 15 is 0 Å². The molecule has 0 saturated heterocycles. The van der Waals surface area contributed by atoms with E-state index in [2.05, 4.69) is 10.5 Å². The Balaban J connectivity index is 2.94. The second-order valence-corrected chi connectivity index (χ2v) is 4.83. The van der Waals surface area contributed by atoms with Gasteiger partial charge in [0, 0.05) is 5.92 Å². The lowest BCUT2D eigenvalue weighted by atomic mass is 10.0. The molecule has 0 fully saturated rings. The number of amides is 1. The number of rotatable bonds is 6. The van der Waals surface area contributed by atoms with E-state index in [1.807, 2.05) is 13.8 Å². The largest absolute Gasteiger partial charge is 0.480 e. The van der Waals surface area contributed by atoms with Gasteiger partial charge in [-0.25, -0.2) is 4.79 Å². The molecule has 1 amide bonds. The highest BCUT2D eigenvalue weighted by atomic mass is 16.5. The molecule has 0 aliphatic rings. The van der Waals surface area contributed by atoms with E-state index in [9.17, 15) is 9.59 Å². The topological polar surface area (TPSA) is 92.4 Å². The first-order valence-corrected chi connectivity index (χ1v) is 6.49. The monoisotopic (exact) mass is 280 g/mol. The Labute approximate surface area is 117 Å². The predicted molar refractivity (Wildman–Crippen MR) is 73.7 cm³/mol. The summed E-state index contributed by atoms with van der Waals surface area (Å²) in [7, 11) is 0. The van der Waals surface area contributed by atoms with Crippen molar-refractivity contribution in [1.29, 1.82) is 0 Å². The van der Waals surface area contributed by atoms with Crippen LogP contribution >= 0.6 is 0 Å². The van der Waals surface area contributed by atoms with Crippen molar-refractivity contribution in [2.24, 2.45) is 0 Å². The summed E-state index contributed by atoms with van der Waals surface area (Å²) in [6.45, 7) is 7.21. The molecule has 1 aromatic rings. The van der Waals surface area contributed by atoms with E-state index in [1.165, 1.54) is 0 Å². The van der Waals surface area contributed by atoms with Crippen molar-refractivity contribution in [1.82, 2.24) is 10.5 Å². The van der Waals surface area contributed by atoms with Crippen LogP contribution in [0.5, 0.6) is 0 Å². The van der Waals surface area contributed by atoms with Crippen LogP contribution in [0.1, 0.15) is 54.9 Å². The highest BCUT2D eigenvalue weighted by Gasteiger charge is 2.26. The van der Waals surface area contributed by atoms with Crippen LogP contribution in [0.3, 0.4) is 0 Å². The second-order valence-electron chi connectivity index (χ2n) is 4.83. The van der Waals surface area contributed by atoms with E-state index in [1.54, 1.807) is 26.0 Å². The molecule has 20 heavy (non-hydrogen) atoms. The Hall–Kier alpha value is -2.11. The summed E-state index contributed by atoms with van der Waals surface area (Å²) in [5.74, 6) is -1.08. The summed E-state index contributed by atoms with van der Waals surface area (Å²) >= 11 is 0. The fourth-order valence-electron chi connectivity index (χ4n) is 1.78. The first kappa shape index (κ1) is 15.9. The fraction of sp³-hybridized carbons (Fsp3) is 0.500. The van der Waals surface area contributed by atoms with Gasteiger partial charge in [0.15, 0.2) is 5.76 Å². The van der Waals surface area contributed by atoms with E-state index in [4.69, 9.17) is 9.63 Å². The molecule has 110 valence electrons. The highest BCUT2D eigenvalue weighted by molar-refractivity contribution is 5.98. The number of nitrogens with one attached hydrogen (secondary N) is 1. The minimum Gasteiger partial charge on any atom is -0.480 e. The van der Waals surface area contributed by atoms with E-state index in [0.717, 1.165) is 0 Å². The number of hydrogen-bond donors (Lipinski definition) is 2. The van der Waals surface area contributed by atoms with Crippen LogP contribution in [0.2, 0.25) is 0 Å². The van der Waals surface area contributed by atoms with Gasteiger partial charge in [0.25, 0.3) is 5.91 Å². The average molecular weight is 280 g/mol. The van der Waals surface area contributed by atoms with Gasteiger partial charge in [-0.05, 0) is 20.3 Å². The van der Waals surface area contributed by atoms with Crippen molar-refractivity contribution >= 4 is 11.9 Å². The molecule has 0 aliphatic carbocycles. The van der Waals surface area contributed by atoms with Crippen molar-refractivity contribution in [2.75, 3.05) is 0 Å². The molecule has 0 saturated carbocycles. The van der Waals surface area contributed by atoms with Crippen LogP contribution in [0, 0.1) is 6.92 Å². The number of carbonyl (C=O) groups excluding carboxylic acids is 1. The summed E-state index contributed by atoms with van der Waals surface area (Å²) in [4.78, 5) is 23.4. The number of aliphatic carboxylic acids is 1. The maximum Gasteiger partial charge on any atom is 0.326 e. The fourth-order valence-corrected chi connectivity index (χ4v) is 1.78. The molecule has 0 aromatic carbocycles. The summed E-state index contributed by atoms with van der Waals surface area (Å²) < 4.78 is 5.13. The lowest BCUT2D eigenvalue weighted by molar-refractivity contribution is -0.139. The van der Waals surface area contributed by atoms with Gasteiger partial charge < -0.3 is 14.9 Å². The van der Waals surface area contributed by atoms with Gasteiger partial charge in [-0.3, -0.25) is 4.79 Å². The van der Waals surface area contributed by atoms with Crippen LogP contribution < -0.4 is 5.32 Å². The standard InChI is InChI=1S/C14H20N2O4/c1-5-6-7-10(14(18)19)15-13(17)11-9(4)16-20-12(11)8(2)3/h5-6,8,10H,7H2,1-4H3,(H,15,17)(H,18,19)/b6-5+. The van der Waals surface area contributed by atoms with E-state index < -0.39 is 17.9 Å². The van der Waals surface area contributed by atoms with Gasteiger partial charge >= 0.3 is 5.97 Å². The number of allylic oxidation sites excluding steroid dienone is 1. The molecule has 6 nitrogen and oxygen atoms in total. The number of nitrogens with zero attached hydrogens (tertiary/aromatic N) is 1. The number of aromatic nitrogens is 1. The molecule has 1 aromatic heterocycles. The van der Waals surface area contributed by atoms with Crippen molar-refractivity contribution < 1.29 is 19.2 Å². The molecule has 6 heteroatoms. The SMILES string of the molecule is C/C=C/CC(NC(=O)c1c(C)noc1C(C)C)C(=O)O. The minimum absolute atomic E-state index is 0.00392. The lowest BCUT2D eigenvalue weighted by Gasteiger charge is -2.13. The summed E-state index contributed by atoms with van der Waals surface area (Å²) in [6, 6.07) is -0.965. The zero-order valence-corrected chi connectivity index (χ0v) is 12.1. The Morgan fingerprint density at radius 1 is 1.45 bits per heavy atom. The zero-order valence-electron chi connectivity index (χ0n) is 12.1. The molecule has 1 unspecified atom stereocenters. The molecular weight excluding hydrogens is 260 g/mol. The first-order chi connectivity index (χ1) is 9.38. The van der Waals surface area contributed by atoms with Crippen molar-refractivity contribution in [3.63, 3.8) is 0 Å². The Kier molecular flexibility index (Phi) is 5.49. The van der Waals surface area contributed by atoms with Crippen molar-refractivity contribution in [3.8, 4) is 0 Å². The molecule has 0 spiro atoms. The molecule has 0 aliphatic heterocycles. The maximum atomic E-state index is 12.2. The Morgan fingerprint density at radius 2 is 2.10 bits per heavy atom. The number of carbonyl (C=O) groups is 2. The minimum atomic E-state index is -1.07. The van der Waals surface area contributed by atoms with Gasteiger partial charge in [0.05, 0.1) is 5.69 Å². The van der Waals surface area contributed by atoms with Crippen LogP contribution in [-0.2, 0) is 4.79 Å². The maximum absolute atomic E-state index is 12.2. The van der Waals surface area contributed by atoms with Crippen LogP contribution in [0.25, 0.3) is 0 Å². The zero-order chi connectivity index (χ0) is 15.3. The molecular formula is C14H20N2O4. The summed E-state index contributed by atoms with van der Waals surface area (Å²) in [5.41, 5.74) is 0.785. The smallest absolute Gasteiger partial charge is 0.326 e. The molecule has 1 atom stereocenters. The first-order valence-electron chi connectivity index (χ1n) is 6.49. The van der Waals surface area contributed by atoms with Gasteiger partial charge in [-0.2, -0.15) is 0 Å². The van der Waals surface area contributed by atoms with Gasteiger partial charge in [0.1, 0.15) is 11.6 Å². The Morgan fingerprint density at radius 3 is 2.60 bits per heavy atom. The average Bonchev–Trinajstić information content (AvgIpc) is 2.76. The highest BCUT2D eigenvalue weighted by Crippen LogP contribution is 2.22. The third kappa shape index (κ3) is 3.69. The van der Waals surface area contributed by atoms with Gasteiger partial charge in [0.2, 0.25) is 0 Å². The lowest BCUT2D eigenvalue weighted by Crippen LogP contribution is -2.40. The number of carboxylic acids is 1. The van der Waals surface area contributed by atoms with Crippen molar-refractivity contribution in [3.05, 3.63) is 29.2 Å². The van der Waals surface area contributed by atoms with E-state index in [0.29, 0.717) is 17.0 Å². The molecule has 0 bridgehead atoms. The molecule has 1 rings (SSSR count). The molecule has 0 radical (unpaired) electrons. The normalized spacial score (nSPS) is 12.8. The van der Waals surface area contributed by atoms with Crippen LogP contribution in [0.4, 0.5) is 0 Å². The number of hydrogen-bond acceptors (Lipinski definition) is 4. The number of aryl methyl sites for hydroxylation is 1. The Bertz CT molecular complexity index is 517. The van der Waals surface area contributed by atoms with Crippen LogP contribution in [-0.4, -0.2) is 28.2 Å². The third-order valence-corrected chi connectivity index (χ3v) is 2.85. The molecule has 1 heterocycles. The summed E-state index contributed by atoms with van der Waals surface area (Å²) in [5, 5.41) is 15.4. The van der Waals surface area contributed by atoms with Gasteiger partial charge in [-0.1, -0.05) is 31.2 Å². The van der Waals surface area contributed by atoms with Crippen molar-refractivity contribution in [2.45, 2.75) is 46.1 Å². The molecule has 2 N–H and O–H groups in total. The third-order valence-electron chi connectivity index (χ3n) is 2.85.